The van der Waals surface area contributed by atoms with Crippen LogP contribution in [-0.2, 0) is 16.4 Å². The molecule has 0 unspecified atom stereocenters. The van der Waals surface area contributed by atoms with Crippen molar-refractivity contribution in [1.82, 2.24) is 20.2 Å². The van der Waals surface area contributed by atoms with Gasteiger partial charge in [0.25, 0.3) is 11.7 Å². The van der Waals surface area contributed by atoms with Gasteiger partial charge in [0, 0.05) is 13.1 Å². The van der Waals surface area contributed by atoms with E-state index in [0.717, 1.165) is 6.26 Å². The second kappa shape index (κ2) is 7.97. The van der Waals surface area contributed by atoms with Gasteiger partial charge in [0.2, 0.25) is 15.9 Å². The Bertz CT molecular complexity index is 807. The fourth-order valence-electron chi connectivity index (χ4n) is 1.85. The molecule has 130 valence electrons. The molecule has 1 aromatic carbocycles. The van der Waals surface area contributed by atoms with Crippen LogP contribution in [0, 0.1) is 5.82 Å². The van der Waals surface area contributed by atoms with Gasteiger partial charge in [-0.1, -0.05) is 23.4 Å². The van der Waals surface area contributed by atoms with E-state index in [-0.39, 0.29) is 37.0 Å². The highest BCUT2D eigenvalue weighted by atomic mass is 32.2. The van der Waals surface area contributed by atoms with E-state index in [2.05, 4.69) is 20.2 Å². The Morgan fingerprint density at radius 2 is 2.04 bits per heavy atom. The number of benzene rings is 1. The van der Waals surface area contributed by atoms with E-state index in [9.17, 15) is 17.6 Å². The van der Waals surface area contributed by atoms with Gasteiger partial charge in [0.05, 0.1) is 12.7 Å². The van der Waals surface area contributed by atoms with Gasteiger partial charge in [-0.15, -0.1) is 0 Å². The van der Waals surface area contributed by atoms with Crippen molar-refractivity contribution < 1.29 is 22.1 Å². The third kappa shape index (κ3) is 5.70. The summed E-state index contributed by atoms with van der Waals surface area (Å²) < 4.78 is 42.5. The molecule has 1 amide bonds. The first-order valence-electron chi connectivity index (χ1n) is 7.14. The van der Waals surface area contributed by atoms with Crippen LogP contribution in [0.1, 0.15) is 28.5 Å². The lowest BCUT2D eigenvalue weighted by Gasteiger charge is -2.03. The number of amides is 1. The van der Waals surface area contributed by atoms with Crippen molar-refractivity contribution in [2.45, 2.75) is 12.8 Å². The van der Waals surface area contributed by atoms with Crippen molar-refractivity contribution in [3.63, 3.8) is 0 Å². The van der Waals surface area contributed by atoms with E-state index >= 15 is 0 Å². The van der Waals surface area contributed by atoms with E-state index in [0.29, 0.717) is 12.0 Å². The molecule has 0 radical (unpaired) electrons. The summed E-state index contributed by atoms with van der Waals surface area (Å²) in [7, 11) is -3.24. The predicted octanol–water partition coefficient (Wildman–Crippen LogP) is 0.469. The van der Waals surface area contributed by atoms with Crippen LogP contribution in [0.2, 0.25) is 0 Å². The van der Waals surface area contributed by atoms with E-state index in [1.54, 1.807) is 18.2 Å². The van der Waals surface area contributed by atoms with Crippen molar-refractivity contribution in [1.29, 1.82) is 0 Å². The highest BCUT2D eigenvalue weighted by Gasteiger charge is 2.15. The van der Waals surface area contributed by atoms with Crippen molar-refractivity contribution in [2.24, 2.45) is 0 Å². The monoisotopic (exact) mass is 356 g/mol. The standard InChI is InChI=1S/C14H17FN4O4S/c1-24(21,22)17-8-4-7-16-14(20)13-18-12(23-19-13)9-10-5-2-3-6-11(10)15/h2-3,5-6,17H,4,7-9H2,1H3,(H,16,20). The predicted molar refractivity (Wildman–Crippen MR) is 83.3 cm³/mol. The molecule has 0 aliphatic rings. The van der Waals surface area contributed by atoms with Gasteiger partial charge in [-0.05, 0) is 18.1 Å². The minimum Gasteiger partial charge on any atom is -0.349 e. The molecule has 10 heteroatoms. The van der Waals surface area contributed by atoms with Crippen LogP contribution in [-0.4, -0.2) is 43.8 Å². The molecule has 0 bridgehead atoms. The molecule has 0 fully saturated rings. The third-order valence-electron chi connectivity index (χ3n) is 2.97. The SMILES string of the molecule is CS(=O)(=O)NCCCNC(=O)c1noc(Cc2ccccc2F)n1. The van der Waals surface area contributed by atoms with Crippen LogP contribution in [0.4, 0.5) is 4.39 Å². The highest BCUT2D eigenvalue weighted by molar-refractivity contribution is 7.88. The first-order chi connectivity index (χ1) is 11.3. The first kappa shape index (κ1) is 18.0. The van der Waals surface area contributed by atoms with Gasteiger partial charge >= 0.3 is 0 Å². The second-order valence-corrected chi connectivity index (χ2v) is 6.89. The van der Waals surface area contributed by atoms with Gasteiger partial charge < -0.3 is 9.84 Å². The molecule has 24 heavy (non-hydrogen) atoms. The minimum absolute atomic E-state index is 0.0885. The maximum atomic E-state index is 13.5. The molecule has 2 rings (SSSR count). The van der Waals surface area contributed by atoms with Crippen molar-refractivity contribution >= 4 is 15.9 Å². The normalized spacial score (nSPS) is 11.4. The molecule has 0 saturated carbocycles. The van der Waals surface area contributed by atoms with Crippen LogP contribution in [0.3, 0.4) is 0 Å². The zero-order valence-corrected chi connectivity index (χ0v) is 13.8. The zero-order valence-electron chi connectivity index (χ0n) is 13.0. The fourth-order valence-corrected chi connectivity index (χ4v) is 2.37. The summed E-state index contributed by atoms with van der Waals surface area (Å²) >= 11 is 0. The maximum absolute atomic E-state index is 13.5. The van der Waals surface area contributed by atoms with Crippen molar-refractivity contribution in [3.8, 4) is 0 Å². The minimum atomic E-state index is -3.24. The van der Waals surface area contributed by atoms with Crippen molar-refractivity contribution in [3.05, 3.63) is 47.4 Å². The summed E-state index contributed by atoms with van der Waals surface area (Å²) in [6.45, 7) is 0.461. The molecule has 8 nitrogen and oxygen atoms in total. The van der Waals surface area contributed by atoms with Gasteiger partial charge in [0.15, 0.2) is 0 Å². The number of rotatable bonds is 8. The molecule has 0 saturated heterocycles. The summed E-state index contributed by atoms with van der Waals surface area (Å²) in [6, 6.07) is 6.18. The Morgan fingerprint density at radius 3 is 2.75 bits per heavy atom. The quantitative estimate of drug-likeness (QED) is 0.665. The number of carbonyl (C=O) groups is 1. The fraction of sp³-hybridized carbons (Fsp3) is 0.357. The summed E-state index contributed by atoms with van der Waals surface area (Å²) in [5, 5.41) is 6.09. The lowest BCUT2D eigenvalue weighted by molar-refractivity contribution is 0.0940. The lowest BCUT2D eigenvalue weighted by Crippen LogP contribution is -2.29. The van der Waals surface area contributed by atoms with E-state index < -0.39 is 15.9 Å². The average molecular weight is 356 g/mol. The Balaban J connectivity index is 1.82. The number of aromatic nitrogens is 2. The molecule has 2 N–H and O–H groups in total. The van der Waals surface area contributed by atoms with Crippen molar-refractivity contribution in [2.75, 3.05) is 19.3 Å². The molecule has 0 aliphatic heterocycles. The largest absolute Gasteiger partial charge is 0.349 e. The summed E-state index contributed by atoms with van der Waals surface area (Å²) in [5.74, 6) is -0.959. The topological polar surface area (TPSA) is 114 Å². The number of sulfonamides is 1. The molecule has 0 aliphatic carbocycles. The Hall–Kier alpha value is -2.33. The van der Waals surface area contributed by atoms with E-state index in [1.165, 1.54) is 6.07 Å². The Morgan fingerprint density at radius 1 is 1.29 bits per heavy atom. The van der Waals surface area contributed by atoms with Crippen LogP contribution in [0.5, 0.6) is 0 Å². The van der Waals surface area contributed by atoms with Crippen LogP contribution >= 0.6 is 0 Å². The third-order valence-corrected chi connectivity index (χ3v) is 3.70. The molecule has 1 aromatic heterocycles. The van der Waals surface area contributed by atoms with Gasteiger partial charge in [0.1, 0.15) is 5.82 Å². The number of nitrogens with zero attached hydrogens (tertiary/aromatic N) is 2. The van der Waals surface area contributed by atoms with Crippen LogP contribution in [0.25, 0.3) is 0 Å². The number of halogens is 1. The van der Waals surface area contributed by atoms with E-state index in [4.69, 9.17) is 4.52 Å². The molecule has 1 heterocycles. The first-order valence-corrected chi connectivity index (χ1v) is 9.03. The second-order valence-electron chi connectivity index (χ2n) is 5.06. The van der Waals surface area contributed by atoms with Gasteiger partial charge in [-0.25, -0.2) is 17.5 Å². The number of hydrogen-bond donors (Lipinski definition) is 2. The van der Waals surface area contributed by atoms with Gasteiger partial charge in [-0.2, -0.15) is 4.98 Å². The number of carbonyl (C=O) groups excluding carboxylic acids is 1. The molecule has 0 spiro atoms. The maximum Gasteiger partial charge on any atom is 0.292 e. The zero-order chi connectivity index (χ0) is 17.6. The van der Waals surface area contributed by atoms with Crippen LogP contribution in [0.15, 0.2) is 28.8 Å². The average Bonchev–Trinajstić information content (AvgIpc) is 2.96. The molecular formula is C14H17FN4O4S. The number of nitrogens with one attached hydrogen (secondary N) is 2. The molecular weight excluding hydrogens is 339 g/mol. The number of hydrogen-bond acceptors (Lipinski definition) is 6. The summed E-state index contributed by atoms with van der Waals surface area (Å²) in [4.78, 5) is 15.7. The lowest BCUT2D eigenvalue weighted by atomic mass is 10.1. The molecule has 2 aromatic rings. The van der Waals surface area contributed by atoms with Crippen LogP contribution < -0.4 is 10.0 Å². The van der Waals surface area contributed by atoms with E-state index in [1.807, 2.05) is 0 Å². The molecule has 0 atom stereocenters. The van der Waals surface area contributed by atoms with Gasteiger partial charge in [-0.3, -0.25) is 4.79 Å². The summed E-state index contributed by atoms with van der Waals surface area (Å²) in [5.41, 5.74) is 0.389. The smallest absolute Gasteiger partial charge is 0.292 e. The highest BCUT2D eigenvalue weighted by Crippen LogP contribution is 2.11. The Kier molecular flexibility index (Phi) is 5.99. The summed E-state index contributed by atoms with van der Waals surface area (Å²) in [6.07, 6.45) is 1.56. The Labute approximate surface area is 138 Å².